The Morgan fingerprint density at radius 2 is 2.39 bits per heavy atom. The lowest BCUT2D eigenvalue weighted by Gasteiger charge is -2.29. The molecule has 0 saturated carbocycles. The number of aryl methyl sites for hydroxylation is 1. The average Bonchev–Trinajstić information content (AvgIpc) is 2.84. The average molecular weight is 269 g/mol. The molecule has 0 bridgehead atoms. The van der Waals surface area contributed by atoms with Crippen LogP contribution in [-0.4, -0.2) is 31.3 Å². The zero-order chi connectivity index (χ0) is 13.0. The molecular weight excluding hydrogens is 246 g/mol. The van der Waals surface area contributed by atoms with E-state index in [1.165, 1.54) is 25.0 Å². The molecule has 0 amide bonds. The summed E-state index contributed by atoms with van der Waals surface area (Å²) in [5.74, 6) is 1.46. The van der Waals surface area contributed by atoms with Gasteiger partial charge in [0.2, 0.25) is 0 Å². The molecular formula is C13H23N3OS. The standard InChI is InChI=1S/C13H23N3OS/c1-3-18(17)8-7-16-10-14-9-13(16)12-6-4-5-11(2)15-12/h9-12,15H,3-8H2,1-2H3. The molecule has 2 rings (SSSR count). The molecule has 1 fully saturated rings. The van der Waals surface area contributed by atoms with Crippen LogP contribution in [0.5, 0.6) is 0 Å². The Labute approximate surface area is 112 Å². The first kappa shape index (κ1) is 13.7. The van der Waals surface area contributed by atoms with E-state index in [4.69, 9.17) is 0 Å². The van der Waals surface area contributed by atoms with Crippen LogP contribution in [0.3, 0.4) is 0 Å². The van der Waals surface area contributed by atoms with Crippen molar-refractivity contribution in [1.82, 2.24) is 14.9 Å². The summed E-state index contributed by atoms with van der Waals surface area (Å²) < 4.78 is 13.7. The second-order valence-electron chi connectivity index (χ2n) is 5.00. The molecule has 5 heteroatoms. The number of piperidine rings is 1. The van der Waals surface area contributed by atoms with E-state index in [9.17, 15) is 4.21 Å². The lowest BCUT2D eigenvalue weighted by Crippen LogP contribution is -2.35. The smallest absolute Gasteiger partial charge is 0.0948 e. The molecule has 4 nitrogen and oxygen atoms in total. The zero-order valence-electron chi connectivity index (χ0n) is 11.3. The van der Waals surface area contributed by atoms with Crippen molar-refractivity contribution in [3.8, 4) is 0 Å². The van der Waals surface area contributed by atoms with E-state index in [1.807, 2.05) is 19.4 Å². The van der Waals surface area contributed by atoms with Crippen LogP contribution < -0.4 is 5.32 Å². The summed E-state index contributed by atoms with van der Waals surface area (Å²) in [6.07, 6.45) is 7.51. The van der Waals surface area contributed by atoms with Gasteiger partial charge in [-0.1, -0.05) is 6.92 Å². The van der Waals surface area contributed by atoms with Crippen molar-refractivity contribution in [1.29, 1.82) is 0 Å². The summed E-state index contributed by atoms with van der Waals surface area (Å²) >= 11 is 0. The van der Waals surface area contributed by atoms with Crippen LogP contribution in [0.2, 0.25) is 0 Å². The highest BCUT2D eigenvalue weighted by Crippen LogP contribution is 2.25. The van der Waals surface area contributed by atoms with Crippen molar-refractivity contribution >= 4 is 10.8 Å². The Morgan fingerprint density at radius 3 is 3.11 bits per heavy atom. The third-order valence-electron chi connectivity index (χ3n) is 3.60. The van der Waals surface area contributed by atoms with Gasteiger partial charge >= 0.3 is 0 Å². The maximum absolute atomic E-state index is 11.5. The van der Waals surface area contributed by atoms with Crippen LogP contribution in [0.4, 0.5) is 0 Å². The minimum atomic E-state index is -0.701. The van der Waals surface area contributed by atoms with Gasteiger partial charge in [-0.05, 0) is 26.2 Å². The molecule has 1 saturated heterocycles. The maximum atomic E-state index is 11.5. The van der Waals surface area contributed by atoms with Crippen molar-refractivity contribution in [2.45, 2.75) is 51.7 Å². The molecule has 1 aliphatic rings. The molecule has 1 aromatic heterocycles. The third-order valence-corrected chi connectivity index (χ3v) is 4.88. The van der Waals surface area contributed by atoms with Crippen molar-refractivity contribution in [3.63, 3.8) is 0 Å². The molecule has 0 aliphatic carbocycles. The highest BCUT2D eigenvalue weighted by molar-refractivity contribution is 7.84. The fourth-order valence-electron chi connectivity index (χ4n) is 2.52. The van der Waals surface area contributed by atoms with E-state index in [0.717, 1.165) is 18.1 Å². The summed E-state index contributed by atoms with van der Waals surface area (Å²) in [6.45, 7) is 5.01. The van der Waals surface area contributed by atoms with Crippen molar-refractivity contribution < 1.29 is 4.21 Å². The first-order valence-corrected chi connectivity index (χ1v) is 8.30. The van der Waals surface area contributed by atoms with E-state index in [0.29, 0.717) is 12.1 Å². The van der Waals surface area contributed by atoms with Crippen molar-refractivity contribution in [2.75, 3.05) is 11.5 Å². The number of nitrogens with one attached hydrogen (secondary N) is 1. The minimum Gasteiger partial charge on any atom is -0.332 e. The van der Waals surface area contributed by atoms with Gasteiger partial charge in [-0.15, -0.1) is 0 Å². The fraction of sp³-hybridized carbons (Fsp3) is 0.769. The second-order valence-corrected chi connectivity index (χ2v) is 6.86. The number of hydrogen-bond acceptors (Lipinski definition) is 3. The van der Waals surface area contributed by atoms with Crippen LogP contribution in [-0.2, 0) is 17.3 Å². The Kier molecular flexibility index (Phi) is 4.95. The molecule has 3 atom stereocenters. The van der Waals surface area contributed by atoms with E-state index < -0.39 is 10.8 Å². The van der Waals surface area contributed by atoms with Crippen LogP contribution in [0, 0.1) is 0 Å². The fourth-order valence-corrected chi connectivity index (χ4v) is 3.21. The van der Waals surface area contributed by atoms with Gasteiger partial charge in [0.1, 0.15) is 0 Å². The summed E-state index contributed by atoms with van der Waals surface area (Å²) in [5.41, 5.74) is 1.25. The molecule has 18 heavy (non-hydrogen) atoms. The largest absolute Gasteiger partial charge is 0.332 e. The van der Waals surface area contributed by atoms with Crippen LogP contribution in [0.1, 0.15) is 44.8 Å². The van der Waals surface area contributed by atoms with Gasteiger partial charge in [-0.3, -0.25) is 4.21 Å². The number of rotatable bonds is 5. The van der Waals surface area contributed by atoms with Crippen molar-refractivity contribution in [3.05, 3.63) is 18.2 Å². The number of hydrogen-bond donors (Lipinski definition) is 1. The minimum absolute atomic E-state index is 0.409. The normalized spacial score (nSPS) is 26.1. The van der Waals surface area contributed by atoms with Gasteiger partial charge in [-0.2, -0.15) is 0 Å². The lowest BCUT2D eigenvalue weighted by molar-refractivity contribution is 0.330. The summed E-state index contributed by atoms with van der Waals surface area (Å²) in [7, 11) is -0.701. The van der Waals surface area contributed by atoms with Crippen LogP contribution in [0.15, 0.2) is 12.5 Å². The highest BCUT2D eigenvalue weighted by atomic mass is 32.2. The number of imidazole rings is 1. The quantitative estimate of drug-likeness (QED) is 0.887. The Balaban J connectivity index is 2.00. The molecule has 1 aromatic rings. The van der Waals surface area contributed by atoms with Gasteiger partial charge in [0.15, 0.2) is 0 Å². The van der Waals surface area contributed by atoms with Crippen molar-refractivity contribution in [2.24, 2.45) is 0 Å². The second kappa shape index (κ2) is 6.48. The lowest BCUT2D eigenvalue weighted by atomic mass is 9.98. The summed E-state index contributed by atoms with van der Waals surface area (Å²) in [4.78, 5) is 4.25. The zero-order valence-corrected chi connectivity index (χ0v) is 12.1. The molecule has 102 valence electrons. The summed E-state index contributed by atoms with van der Waals surface area (Å²) in [5, 5.41) is 3.62. The monoisotopic (exact) mass is 269 g/mol. The molecule has 0 radical (unpaired) electrons. The van der Waals surface area contributed by atoms with E-state index in [2.05, 4.69) is 21.8 Å². The molecule has 0 aromatic carbocycles. The Bertz CT molecular complexity index is 405. The highest BCUT2D eigenvalue weighted by Gasteiger charge is 2.22. The molecule has 2 heterocycles. The van der Waals surface area contributed by atoms with Gasteiger partial charge < -0.3 is 9.88 Å². The number of nitrogens with zero attached hydrogens (tertiary/aromatic N) is 2. The topological polar surface area (TPSA) is 46.9 Å². The van der Waals surface area contributed by atoms with Gasteiger partial charge in [0.05, 0.1) is 12.0 Å². The molecule has 1 N–H and O–H groups in total. The van der Waals surface area contributed by atoms with E-state index >= 15 is 0 Å². The van der Waals surface area contributed by atoms with E-state index in [-0.39, 0.29) is 0 Å². The van der Waals surface area contributed by atoms with E-state index in [1.54, 1.807) is 0 Å². The molecule has 0 spiro atoms. The van der Waals surface area contributed by atoms with Crippen LogP contribution >= 0.6 is 0 Å². The molecule has 3 unspecified atom stereocenters. The predicted octanol–water partition coefficient (Wildman–Crippen LogP) is 1.85. The predicted molar refractivity (Wildman–Crippen MR) is 75.0 cm³/mol. The first-order chi connectivity index (χ1) is 8.70. The maximum Gasteiger partial charge on any atom is 0.0948 e. The first-order valence-electron chi connectivity index (χ1n) is 6.81. The Morgan fingerprint density at radius 1 is 1.56 bits per heavy atom. The number of aromatic nitrogens is 2. The van der Waals surface area contributed by atoms with Gasteiger partial charge in [0, 0.05) is 47.1 Å². The Hall–Kier alpha value is -0.680. The third kappa shape index (κ3) is 3.42. The molecule has 1 aliphatic heterocycles. The SMILES string of the molecule is CCS(=O)CCn1cncc1C1CCCC(C)N1. The van der Waals surface area contributed by atoms with Crippen LogP contribution in [0.25, 0.3) is 0 Å². The van der Waals surface area contributed by atoms with Gasteiger partial charge in [-0.25, -0.2) is 4.98 Å². The summed E-state index contributed by atoms with van der Waals surface area (Å²) in [6, 6.07) is 0.989. The van der Waals surface area contributed by atoms with Gasteiger partial charge in [0.25, 0.3) is 0 Å².